The fourth-order valence-corrected chi connectivity index (χ4v) is 2.30. The van der Waals surface area contributed by atoms with Gasteiger partial charge in [-0.25, -0.2) is 0 Å². The third kappa shape index (κ3) is 1.44. The smallest absolute Gasteiger partial charge is 0.0181 e. The fourth-order valence-electron chi connectivity index (χ4n) is 1.90. The monoisotopic (exact) mass is 256 g/mol. The molecule has 0 bridgehead atoms. The summed E-state index contributed by atoms with van der Waals surface area (Å²) in [6, 6.07) is 14.9. The van der Waals surface area contributed by atoms with Gasteiger partial charge in [0.2, 0.25) is 0 Å². The third-order valence-corrected chi connectivity index (χ3v) is 3.20. The van der Waals surface area contributed by atoms with Crippen LogP contribution < -0.4 is 0 Å². The molecule has 0 saturated carbocycles. The van der Waals surface area contributed by atoms with E-state index in [0.29, 0.717) is 0 Å². The molecule has 0 fully saturated rings. The van der Waals surface area contributed by atoms with Crippen molar-refractivity contribution in [3.05, 3.63) is 58.1 Å². The van der Waals surface area contributed by atoms with Gasteiger partial charge in [0.15, 0.2) is 0 Å². The molecular formula is C14H9Br. The average molecular weight is 257 g/mol. The first kappa shape index (κ1) is 8.93. The minimum atomic E-state index is 1.13. The van der Waals surface area contributed by atoms with Crippen molar-refractivity contribution in [3.8, 4) is 11.1 Å². The van der Waals surface area contributed by atoms with Crippen molar-refractivity contribution in [2.45, 2.75) is 0 Å². The second kappa shape index (κ2) is 3.35. The summed E-state index contributed by atoms with van der Waals surface area (Å²) < 4.78 is 1.13. The van der Waals surface area contributed by atoms with Crippen LogP contribution in [-0.4, -0.2) is 0 Å². The molecule has 0 aromatic heterocycles. The van der Waals surface area contributed by atoms with Crippen molar-refractivity contribution in [1.29, 1.82) is 0 Å². The highest BCUT2D eigenvalue weighted by Gasteiger charge is 2.11. The highest BCUT2D eigenvalue weighted by molar-refractivity contribution is 9.10. The lowest BCUT2D eigenvalue weighted by atomic mass is 9.89. The minimum absolute atomic E-state index is 1.13. The Hall–Kier alpha value is -1.34. The number of hydrogen-bond donors (Lipinski definition) is 0. The molecule has 0 heterocycles. The maximum atomic E-state index is 3.50. The van der Waals surface area contributed by atoms with E-state index in [-0.39, 0.29) is 0 Å². The molecule has 0 N–H and O–H groups in total. The molecule has 0 nitrogen and oxygen atoms in total. The van der Waals surface area contributed by atoms with Crippen molar-refractivity contribution in [1.82, 2.24) is 0 Å². The zero-order chi connectivity index (χ0) is 10.3. The molecule has 0 atom stereocenters. The van der Waals surface area contributed by atoms with Crippen LogP contribution in [0.3, 0.4) is 0 Å². The van der Waals surface area contributed by atoms with Gasteiger partial charge in [0.1, 0.15) is 0 Å². The zero-order valence-electron chi connectivity index (χ0n) is 8.07. The predicted molar refractivity (Wildman–Crippen MR) is 68.5 cm³/mol. The number of rotatable bonds is 1. The molecule has 72 valence electrons. The number of halogens is 1. The maximum Gasteiger partial charge on any atom is 0.0181 e. The summed E-state index contributed by atoms with van der Waals surface area (Å²) in [6.07, 6.45) is 4.32. The molecular weight excluding hydrogens is 248 g/mol. The van der Waals surface area contributed by atoms with Gasteiger partial charge in [0.25, 0.3) is 0 Å². The highest BCUT2D eigenvalue weighted by atomic mass is 79.9. The molecule has 0 saturated heterocycles. The maximum absolute atomic E-state index is 3.50. The predicted octanol–water partition coefficient (Wildman–Crippen LogP) is 4.60. The Morgan fingerprint density at radius 2 is 1.73 bits per heavy atom. The van der Waals surface area contributed by atoms with Crippen LogP contribution in [0.15, 0.2) is 46.9 Å². The van der Waals surface area contributed by atoms with Gasteiger partial charge in [-0.15, -0.1) is 0 Å². The van der Waals surface area contributed by atoms with E-state index in [9.17, 15) is 0 Å². The molecule has 0 aliphatic heterocycles. The minimum Gasteiger partial charge on any atom is -0.0610 e. The SMILES string of the molecule is Brc1cccc(-c2cccc3c2C=C3)c1. The quantitative estimate of drug-likeness (QED) is 0.597. The molecule has 15 heavy (non-hydrogen) atoms. The Bertz CT molecular complexity index is 553. The Morgan fingerprint density at radius 1 is 0.867 bits per heavy atom. The van der Waals surface area contributed by atoms with E-state index in [2.05, 4.69) is 70.5 Å². The van der Waals surface area contributed by atoms with Crippen LogP contribution in [-0.2, 0) is 0 Å². The summed E-state index contributed by atoms with van der Waals surface area (Å²) >= 11 is 3.50. The highest BCUT2D eigenvalue weighted by Crippen LogP contribution is 2.34. The van der Waals surface area contributed by atoms with E-state index in [1.54, 1.807) is 0 Å². The van der Waals surface area contributed by atoms with Crippen molar-refractivity contribution in [2.75, 3.05) is 0 Å². The summed E-state index contributed by atoms with van der Waals surface area (Å²) in [5.41, 5.74) is 5.28. The Kier molecular flexibility index (Phi) is 2.00. The van der Waals surface area contributed by atoms with Crippen LogP contribution in [0.1, 0.15) is 11.1 Å². The first-order chi connectivity index (χ1) is 7.34. The number of fused-ring (bicyclic) bond motifs is 1. The lowest BCUT2D eigenvalue weighted by Gasteiger charge is -2.15. The van der Waals surface area contributed by atoms with Crippen LogP contribution in [0.4, 0.5) is 0 Å². The molecule has 1 aliphatic carbocycles. The lowest BCUT2D eigenvalue weighted by molar-refractivity contribution is 1.53. The first-order valence-corrected chi connectivity index (χ1v) is 5.71. The summed E-state index contributed by atoms with van der Waals surface area (Å²) in [5, 5.41) is 0. The third-order valence-electron chi connectivity index (χ3n) is 2.71. The summed E-state index contributed by atoms with van der Waals surface area (Å²) in [7, 11) is 0. The largest absolute Gasteiger partial charge is 0.0610 e. The normalized spacial score (nSPS) is 12.1. The second-order valence-corrected chi connectivity index (χ2v) is 4.57. The molecule has 1 aliphatic rings. The van der Waals surface area contributed by atoms with E-state index >= 15 is 0 Å². The Balaban J connectivity index is 2.19. The van der Waals surface area contributed by atoms with Gasteiger partial charge in [-0.3, -0.25) is 0 Å². The van der Waals surface area contributed by atoms with Gasteiger partial charge in [-0.05, 0) is 34.4 Å². The fraction of sp³-hybridized carbons (Fsp3) is 0. The molecule has 0 unspecified atom stereocenters. The first-order valence-electron chi connectivity index (χ1n) is 4.92. The molecule has 0 radical (unpaired) electrons. The summed E-state index contributed by atoms with van der Waals surface area (Å²) in [6.45, 7) is 0. The standard InChI is InChI=1S/C14H9Br/c15-12-5-1-4-11(9-12)13-6-2-3-10-7-8-14(10)13/h1-9H. The van der Waals surface area contributed by atoms with E-state index in [1.165, 1.54) is 22.3 Å². The molecule has 0 amide bonds. The molecule has 2 aromatic rings. The van der Waals surface area contributed by atoms with E-state index in [0.717, 1.165) is 4.47 Å². The zero-order valence-corrected chi connectivity index (χ0v) is 9.66. The van der Waals surface area contributed by atoms with Gasteiger partial charge < -0.3 is 0 Å². The number of benzene rings is 2. The van der Waals surface area contributed by atoms with Gasteiger partial charge in [-0.2, -0.15) is 0 Å². The molecule has 3 rings (SSSR count). The number of hydrogen-bond acceptors (Lipinski definition) is 0. The van der Waals surface area contributed by atoms with Gasteiger partial charge >= 0.3 is 0 Å². The van der Waals surface area contributed by atoms with Crippen molar-refractivity contribution in [2.24, 2.45) is 0 Å². The summed E-state index contributed by atoms with van der Waals surface area (Å²) in [4.78, 5) is 0. The van der Waals surface area contributed by atoms with Crippen molar-refractivity contribution in [3.63, 3.8) is 0 Å². The van der Waals surface area contributed by atoms with Crippen LogP contribution in [0.25, 0.3) is 23.3 Å². The van der Waals surface area contributed by atoms with Crippen LogP contribution in [0.2, 0.25) is 0 Å². The average Bonchev–Trinajstić information content (AvgIpc) is 2.19. The van der Waals surface area contributed by atoms with Crippen molar-refractivity contribution >= 4 is 28.1 Å². The molecule has 1 heteroatoms. The molecule has 2 aromatic carbocycles. The van der Waals surface area contributed by atoms with Crippen LogP contribution in [0, 0.1) is 0 Å². The van der Waals surface area contributed by atoms with E-state index in [4.69, 9.17) is 0 Å². The van der Waals surface area contributed by atoms with Crippen LogP contribution >= 0.6 is 15.9 Å². The lowest BCUT2D eigenvalue weighted by Crippen LogP contribution is -1.93. The van der Waals surface area contributed by atoms with E-state index < -0.39 is 0 Å². The van der Waals surface area contributed by atoms with Crippen molar-refractivity contribution < 1.29 is 0 Å². The Labute approximate surface area is 97.4 Å². The molecule has 0 spiro atoms. The van der Waals surface area contributed by atoms with E-state index in [1.807, 2.05) is 0 Å². The Morgan fingerprint density at radius 3 is 2.47 bits per heavy atom. The second-order valence-electron chi connectivity index (χ2n) is 3.65. The van der Waals surface area contributed by atoms with Gasteiger partial charge in [0.05, 0.1) is 0 Å². The van der Waals surface area contributed by atoms with Gasteiger partial charge in [-0.1, -0.05) is 58.4 Å². The topological polar surface area (TPSA) is 0 Å². The van der Waals surface area contributed by atoms with Gasteiger partial charge in [0, 0.05) is 4.47 Å². The summed E-state index contributed by atoms with van der Waals surface area (Å²) in [5.74, 6) is 0. The van der Waals surface area contributed by atoms with Crippen LogP contribution in [0.5, 0.6) is 0 Å².